The fraction of sp³-hybridized carbons (Fsp3) is 0.474. The number of fused-ring (bicyclic) bond motifs is 3. The Balaban J connectivity index is 1.62. The van der Waals surface area contributed by atoms with Gasteiger partial charge in [-0.3, -0.25) is 19.7 Å². The van der Waals surface area contributed by atoms with Gasteiger partial charge in [0.25, 0.3) is 5.69 Å². The predicted molar refractivity (Wildman–Crippen MR) is 89.8 cm³/mol. The molecule has 0 unspecified atom stereocenters. The van der Waals surface area contributed by atoms with E-state index in [0.717, 1.165) is 28.9 Å². The molecule has 5 rings (SSSR count). The Morgan fingerprint density at radius 3 is 2.04 bits per heavy atom. The minimum absolute atomic E-state index is 0.120. The maximum Gasteiger partial charge on any atom is 0.293 e. The standard InChI is InChI=1S/C19H18N2O4/c1-9-7-13(14(21(24)25)8-10(9)2)20-17(22)15-11-3-4-12(16(15)18(20)23)19(11)5-6-19/h3-4,7-8,11-12,15-16H,5-6H2,1-2H3/t11-,12+,15-,16-/m0/s1. The monoisotopic (exact) mass is 338 g/mol. The van der Waals surface area contributed by atoms with Gasteiger partial charge in [0.2, 0.25) is 11.8 Å². The molecule has 6 nitrogen and oxygen atoms in total. The number of nitrogens with zero attached hydrogens (tertiary/aromatic N) is 2. The summed E-state index contributed by atoms with van der Waals surface area (Å²) in [6.45, 7) is 3.62. The van der Waals surface area contributed by atoms with Gasteiger partial charge in [0.15, 0.2) is 0 Å². The number of hydrogen-bond acceptors (Lipinski definition) is 4. The molecule has 1 aromatic rings. The van der Waals surface area contributed by atoms with Crippen LogP contribution in [0.1, 0.15) is 24.0 Å². The first-order valence-electron chi connectivity index (χ1n) is 8.68. The molecule has 4 atom stereocenters. The highest BCUT2D eigenvalue weighted by molar-refractivity contribution is 6.24. The van der Waals surface area contributed by atoms with E-state index in [4.69, 9.17) is 0 Å². The van der Waals surface area contributed by atoms with Crippen LogP contribution < -0.4 is 4.90 Å². The first kappa shape index (κ1) is 14.8. The van der Waals surface area contributed by atoms with Crippen molar-refractivity contribution in [3.8, 4) is 0 Å². The van der Waals surface area contributed by atoms with Gasteiger partial charge in [0, 0.05) is 6.07 Å². The van der Waals surface area contributed by atoms with Crippen molar-refractivity contribution >= 4 is 23.2 Å². The van der Waals surface area contributed by atoms with Gasteiger partial charge in [0.1, 0.15) is 5.69 Å². The number of hydrogen-bond donors (Lipinski definition) is 0. The summed E-state index contributed by atoms with van der Waals surface area (Å²) in [6.07, 6.45) is 6.35. The highest BCUT2D eigenvalue weighted by Crippen LogP contribution is 2.73. The summed E-state index contributed by atoms with van der Waals surface area (Å²) in [5.74, 6) is -0.963. The zero-order valence-electron chi connectivity index (χ0n) is 14.1. The minimum Gasteiger partial charge on any atom is -0.274 e. The van der Waals surface area contributed by atoms with Crippen LogP contribution in [-0.4, -0.2) is 16.7 Å². The average Bonchev–Trinajstić information content (AvgIpc) is 3.15. The van der Waals surface area contributed by atoms with Crippen LogP contribution in [0, 0.1) is 53.0 Å². The van der Waals surface area contributed by atoms with Crippen LogP contribution in [0.25, 0.3) is 0 Å². The molecular formula is C19H18N2O4. The van der Waals surface area contributed by atoms with E-state index in [9.17, 15) is 19.7 Å². The zero-order valence-corrected chi connectivity index (χ0v) is 14.1. The van der Waals surface area contributed by atoms with Crippen LogP contribution >= 0.6 is 0 Å². The maximum atomic E-state index is 13.1. The lowest BCUT2D eigenvalue weighted by Gasteiger charge is -2.22. The number of carbonyl (C=O) groups excluding carboxylic acids is 2. The molecule has 0 N–H and O–H groups in total. The van der Waals surface area contributed by atoms with Crippen molar-refractivity contribution in [3.05, 3.63) is 45.5 Å². The van der Waals surface area contributed by atoms with E-state index in [1.54, 1.807) is 13.0 Å². The van der Waals surface area contributed by atoms with E-state index in [2.05, 4.69) is 12.2 Å². The number of anilines is 1. The molecule has 1 spiro atoms. The van der Waals surface area contributed by atoms with Crippen LogP contribution in [0.5, 0.6) is 0 Å². The fourth-order valence-electron chi connectivity index (χ4n) is 5.43. The zero-order chi connectivity index (χ0) is 17.7. The predicted octanol–water partition coefficient (Wildman–Crippen LogP) is 2.91. The number of imide groups is 1. The van der Waals surface area contributed by atoms with Crippen molar-refractivity contribution in [1.29, 1.82) is 0 Å². The van der Waals surface area contributed by atoms with Crippen molar-refractivity contribution in [2.45, 2.75) is 26.7 Å². The number of nitro groups is 1. The van der Waals surface area contributed by atoms with Gasteiger partial charge < -0.3 is 0 Å². The molecule has 0 aromatic heterocycles. The lowest BCUT2D eigenvalue weighted by atomic mass is 9.85. The molecule has 2 amide bonds. The number of benzene rings is 1. The molecule has 3 aliphatic carbocycles. The van der Waals surface area contributed by atoms with Crippen molar-refractivity contribution in [2.75, 3.05) is 4.90 Å². The molecule has 4 aliphatic rings. The smallest absolute Gasteiger partial charge is 0.274 e. The second-order valence-electron chi connectivity index (χ2n) is 7.92. The van der Waals surface area contributed by atoms with Crippen LogP contribution in [0.2, 0.25) is 0 Å². The Kier molecular flexibility index (Phi) is 2.59. The number of aryl methyl sites for hydroxylation is 2. The normalized spacial score (nSPS) is 33.4. The lowest BCUT2D eigenvalue weighted by molar-refractivity contribution is -0.384. The minimum atomic E-state index is -0.508. The highest BCUT2D eigenvalue weighted by Gasteiger charge is 2.73. The summed E-state index contributed by atoms with van der Waals surface area (Å²) in [4.78, 5) is 38.3. The number of rotatable bonds is 2. The summed E-state index contributed by atoms with van der Waals surface area (Å²) < 4.78 is 0. The Bertz CT molecular complexity index is 865. The Morgan fingerprint density at radius 1 is 1.04 bits per heavy atom. The Hall–Kier alpha value is -2.50. The van der Waals surface area contributed by atoms with Crippen LogP contribution in [0.4, 0.5) is 11.4 Å². The van der Waals surface area contributed by atoms with Gasteiger partial charge in [-0.25, -0.2) is 4.90 Å². The number of allylic oxidation sites excluding steroid dienone is 2. The number of amides is 2. The molecule has 6 heteroatoms. The molecule has 1 saturated heterocycles. The SMILES string of the molecule is Cc1cc(N2C(=O)[C@@H]3[C@@H](C2=O)[C@@H]2C=C[C@H]3C23CC3)c([N+](=O)[O-])cc1C. The van der Waals surface area contributed by atoms with E-state index in [1.807, 2.05) is 6.92 Å². The second-order valence-corrected chi connectivity index (χ2v) is 7.92. The van der Waals surface area contributed by atoms with Gasteiger partial charge in [-0.2, -0.15) is 0 Å². The van der Waals surface area contributed by atoms with E-state index >= 15 is 0 Å². The van der Waals surface area contributed by atoms with Crippen molar-refractivity contribution in [1.82, 2.24) is 0 Å². The third-order valence-electron chi connectivity index (χ3n) is 6.88. The summed E-state index contributed by atoms with van der Waals surface area (Å²) in [5.41, 5.74) is 1.68. The molecular weight excluding hydrogens is 320 g/mol. The Morgan fingerprint density at radius 2 is 1.56 bits per heavy atom. The average molecular weight is 338 g/mol. The van der Waals surface area contributed by atoms with Gasteiger partial charge >= 0.3 is 0 Å². The fourth-order valence-corrected chi connectivity index (χ4v) is 5.43. The molecule has 2 saturated carbocycles. The molecule has 3 fully saturated rings. The molecule has 1 aliphatic heterocycles. The topological polar surface area (TPSA) is 80.5 Å². The van der Waals surface area contributed by atoms with Crippen LogP contribution in [0.15, 0.2) is 24.3 Å². The highest BCUT2D eigenvalue weighted by atomic mass is 16.6. The quantitative estimate of drug-likeness (QED) is 0.359. The van der Waals surface area contributed by atoms with Gasteiger partial charge in [0.05, 0.1) is 16.8 Å². The van der Waals surface area contributed by atoms with E-state index in [1.165, 1.54) is 6.07 Å². The summed E-state index contributed by atoms with van der Waals surface area (Å²) in [5, 5.41) is 11.5. The lowest BCUT2D eigenvalue weighted by Crippen LogP contribution is -2.35. The third-order valence-corrected chi connectivity index (χ3v) is 6.88. The molecule has 1 heterocycles. The maximum absolute atomic E-state index is 13.1. The molecule has 128 valence electrons. The van der Waals surface area contributed by atoms with Crippen molar-refractivity contribution in [2.24, 2.45) is 29.1 Å². The van der Waals surface area contributed by atoms with Gasteiger partial charge in [-0.05, 0) is 61.1 Å². The third kappa shape index (κ3) is 1.60. The van der Waals surface area contributed by atoms with E-state index < -0.39 is 4.92 Å². The molecule has 2 bridgehead atoms. The van der Waals surface area contributed by atoms with E-state index in [0.29, 0.717) is 0 Å². The number of nitro benzene ring substituents is 1. The first-order chi connectivity index (χ1) is 11.9. The summed E-state index contributed by atoms with van der Waals surface area (Å²) >= 11 is 0. The van der Waals surface area contributed by atoms with Gasteiger partial charge in [-0.15, -0.1) is 0 Å². The van der Waals surface area contributed by atoms with Crippen molar-refractivity contribution < 1.29 is 14.5 Å². The molecule has 1 aromatic carbocycles. The molecule has 25 heavy (non-hydrogen) atoms. The Labute approximate surface area is 144 Å². The van der Waals surface area contributed by atoms with Gasteiger partial charge in [-0.1, -0.05) is 12.2 Å². The van der Waals surface area contributed by atoms with Crippen LogP contribution in [-0.2, 0) is 9.59 Å². The van der Waals surface area contributed by atoms with E-state index in [-0.39, 0.29) is 52.3 Å². The molecule has 0 radical (unpaired) electrons. The van der Waals surface area contributed by atoms with Crippen molar-refractivity contribution in [3.63, 3.8) is 0 Å². The number of carbonyl (C=O) groups is 2. The van der Waals surface area contributed by atoms with Crippen LogP contribution in [0.3, 0.4) is 0 Å². The second kappa shape index (κ2) is 4.36. The summed E-state index contributed by atoms with van der Waals surface area (Å²) in [6, 6.07) is 3.06. The first-order valence-corrected chi connectivity index (χ1v) is 8.68. The largest absolute Gasteiger partial charge is 0.293 e. The summed E-state index contributed by atoms with van der Waals surface area (Å²) in [7, 11) is 0.